The van der Waals surface area contributed by atoms with E-state index in [1.807, 2.05) is 16.3 Å². The molecule has 0 aromatic heterocycles. The first-order valence-corrected chi connectivity index (χ1v) is 5.51. The van der Waals surface area contributed by atoms with E-state index >= 15 is 0 Å². The average Bonchev–Trinajstić information content (AvgIpc) is 2.27. The van der Waals surface area contributed by atoms with Crippen molar-refractivity contribution < 1.29 is 37.5 Å². The third-order valence-electron chi connectivity index (χ3n) is 2.20. The van der Waals surface area contributed by atoms with Gasteiger partial charge < -0.3 is 30.2 Å². The minimum absolute atomic E-state index is 0. The van der Waals surface area contributed by atoms with Gasteiger partial charge in [0.1, 0.15) is 0 Å². The standard InChI is InChI=1S/C10H23N2O4.Cu/c13-7-3-11(4-8-14)1-2-12(5-9-15)6-10-16;/h1,13-16H,2-10H2;/q-1;+1. The number of nitrogens with zero attached hydrogens (tertiary/aromatic N) is 2. The molecular weight excluding hydrogens is 276 g/mol. The van der Waals surface area contributed by atoms with Crippen LogP contribution in [0.25, 0.3) is 0 Å². The zero-order valence-electron chi connectivity index (χ0n) is 9.93. The fourth-order valence-electron chi connectivity index (χ4n) is 1.36. The minimum Gasteiger partial charge on any atom is -0.452 e. The van der Waals surface area contributed by atoms with E-state index in [2.05, 4.69) is 0 Å². The topological polar surface area (TPSA) is 87.4 Å². The molecule has 0 heterocycles. The van der Waals surface area contributed by atoms with Crippen molar-refractivity contribution in [2.24, 2.45) is 0 Å². The van der Waals surface area contributed by atoms with E-state index in [9.17, 15) is 0 Å². The van der Waals surface area contributed by atoms with Gasteiger partial charge in [-0.3, -0.25) is 6.54 Å². The first-order chi connectivity index (χ1) is 7.78. The summed E-state index contributed by atoms with van der Waals surface area (Å²) >= 11 is 0. The number of aliphatic hydroxyl groups is 4. The summed E-state index contributed by atoms with van der Waals surface area (Å²) in [5.41, 5.74) is 0. The van der Waals surface area contributed by atoms with Crippen LogP contribution in [0, 0.1) is 6.54 Å². The van der Waals surface area contributed by atoms with Gasteiger partial charge in [-0.1, -0.05) is 0 Å². The Hall–Kier alpha value is 0.279. The molecule has 0 spiro atoms. The Kier molecular flexibility index (Phi) is 16.5. The van der Waals surface area contributed by atoms with Gasteiger partial charge in [-0.15, -0.1) is 6.54 Å². The van der Waals surface area contributed by atoms with Crippen molar-refractivity contribution in [2.75, 3.05) is 59.2 Å². The van der Waals surface area contributed by atoms with Crippen LogP contribution in [0.1, 0.15) is 0 Å². The molecule has 0 amide bonds. The predicted octanol–water partition coefficient (Wildman–Crippen LogP) is -2.28. The molecular formula is C10H23CuN2O4. The van der Waals surface area contributed by atoms with Gasteiger partial charge in [-0.2, -0.15) is 0 Å². The molecule has 0 aliphatic carbocycles. The van der Waals surface area contributed by atoms with Gasteiger partial charge in [0.05, 0.1) is 26.4 Å². The Bertz CT molecular complexity index is 126. The Morgan fingerprint density at radius 1 is 0.706 bits per heavy atom. The smallest absolute Gasteiger partial charge is 0.452 e. The summed E-state index contributed by atoms with van der Waals surface area (Å²) in [6.07, 6.45) is 0. The van der Waals surface area contributed by atoms with E-state index in [-0.39, 0.29) is 43.5 Å². The van der Waals surface area contributed by atoms with Crippen molar-refractivity contribution in [3.63, 3.8) is 0 Å². The van der Waals surface area contributed by atoms with Gasteiger partial charge in [0.15, 0.2) is 0 Å². The van der Waals surface area contributed by atoms with Crippen LogP contribution in [0.5, 0.6) is 0 Å². The van der Waals surface area contributed by atoms with E-state index in [1.165, 1.54) is 0 Å². The van der Waals surface area contributed by atoms with Crippen LogP contribution in [0.3, 0.4) is 0 Å². The molecule has 0 aliphatic heterocycles. The van der Waals surface area contributed by atoms with Crippen molar-refractivity contribution in [1.29, 1.82) is 0 Å². The van der Waals surface area contributed by atoms with E-state index in [0.29, 0.717) is 32.7 Å². The molecule has 0 aromatic rings. The van der Waals surface area contributed by atoms with Gasteiger partial charge in [0.25, 0.3) is 0 Å². The van der Waals surface area contributed by atoms with Crippen molar-refractivity contribution in [1.82, 2.24) is 9.80 Å². The largest absolute Gasteiger partial charge is 1.00 e. The first kappa shape index (κ1) is 19.6. The zero-order chi connectivity index (χ0) is 12.2. The zero-order valence-corrected chi connectivity index (χ0v) is 10.9. The molecule has 0 aromatic carbocycles. The molecule has 0 saturated carbocycles. The summed E-state index contributed by atoms with van der Waals surface area (Å²) in [7, 11) is 0. The number of hydrogen-bond acceptors (Lipinski definition) is 6. The molecule has 4 N–H and O–H groups in total. The van der Waals surface area contributed by atoms with Gasteiger partial charge >= 0.3 is 17.1 Å². The molecule has 0 rings (SSSR count). The molecule has 0 radical (unpaired) electrons. The third kappa shape index (κ3) is 11.1. The van der Waals surface area contributed by atoms with Crippen LogP contribution < -0.4 is 0 Å². The number of rotatable bonds is 11. The summed E-state index contributed by atoms with van der Waals surface area (Å²) in [6, 6.07) is 0. The molecule has 17 heavy (non-hydrogen) atoms. The van der Waals surface area contributed by atoms with Crippen LogP contribution in [-0.2, 0) is 17.1 Å². The number of aliphatic hydroxyl groups excluding tert-OH is 4. The summed E-state index contributed by atoms with van der Waals surface area (Å²) in [5, 5.41) is 35.2. The second-order valence-electron chi connectivity index (χ2n) is 3.41. The molecule has 0 unspecified atom stereocenters. The van der Waals surface area contributed by atoms with Crippen LogP contribution in [0.15, 0.2) is 0 Å². The normalized spacial score (nSPS) is 10.9. The Balaban J connectivity index is 0. The summed E-state index contributed by atoms with van der Waals surface area (Å²) in [5.74, 6) is 0. The van der Waals surface area contributed by atoms with Crippen LogP contribution in [-0.4, -0.2) is 89.4 Å². The minimum atomic E-state index is 0. The fraction of sp³-hybridized carbons (Fsp3) is 0.900. The van der Waals surface area contributed by atoms with E-state index in [1.54, 1.807) is 0 Å². The fourth-order valence-corrected chi connectivity index (χ4v) is 1.36. The molecule has 108 valence electrons. The maximum Gasteiger partial charge on any atom is 1.00 e. The van der Waals surface area contributed by atoms with Crippen molar-refractivity contribution in [3.05, 3.63) is 6.54 Å². The monoisotopic (exact) mass is 298 g/mol. The summed E-state index contributed by atoms with van der Waals surface area (Å²) in [6.45, 7) is 4.58. The van der Waals surface area contributed by atoms with Crippen LogP contribution in [0.2, 0.25) is 0 Å². The van der Waals surface area contributed by atoms with Gasteiger partial charge in [0.2, 0.25) is 0 Å². The van der Waals surface area contributed by atoms with E-state index in [4.69, 9.17) is 20.4 Å². The second kappa shape index (κ2) is 14.3. The molecule has 0 fully saturated rings. The average molecular weight is 299 g/mol. The summed E-state index contributed by atoms with van der Waals surface area (Å²) in [4.78, 5) is 3.71. The first-order valence-electron chi connectivity index (χ1n) is 5.51. The third-order valence-corrected chi connectivity index (χ3v) is 2.20. The maximum atomic E-state index is 8.80. The van der Waals surface area contributed by atoms with Crippen molar-refractivity contribution in [2.45, 2.75) is 0 Å². The summed E-state index contributed by atoms with van der Waals surface area (Å²) < 4.78 is 0. The van der Waals surface area contributed by atoms with Gasteiger partial charge in [-0.05, 0) is 13.1 Å². The van der Waals surface area contributed by atoms with Crippen LogP contribution >= 0.6 is 0 Å². The maximum absolute atomic E-state index is 8.80. The quantitative estimate of drug-likeness (QED) is 0.254. The van der Waals surface area contributed by atoms with Gasteiger partial charge in [0, 0.05) is 13.1 Å². The van der Waals surface area contributed by atoms with Crippen molar-refractivity contribution >= 4 is 0 Å². The Morgan fingerprint density at radius 2 is 1.12 bits per heavy atom. The molecule has 0 aliphatic rings. The Morgan fingerprint density at radius 3 is 1.47 bits per heavy atom. The molecule has 6 nitrogen and oxygen atoms in total. The molecule has 0 bridgehead atoms. The SMILES string of the molecule is OCCN([CH-]CN(CCO)CCO)CCO.[Cu+]. The van der Waals surface area contributed by atoms with Gasteiger partial charge in [-0.25, -0.2) is 0 Å². The Labute approximate surface area is 113 Å². The number of hydrogen-bond donors (Lipinski definition) is 4. The van der Waals surface area contributed by atoms with Crippen LogP contribution in [0.4, 0.5) is 0 Å². The van der Waals surface area contributed by atoms with E-state index < -0.39 is 0 Å². The molecule has 0 atom stereocenters. The van der Waals surface area contributed by atoms with E-state index in [0.717, 1.165) is 0 Å². The van der Waals surface area contributed by atoms with Crippen molar-refractivity contribution in [3.8, 4) is 0 Å². The molecule has 7 heteroatoms. The second-order valence-corrected chi connectivity index (χ2v) is 3.41. The predicted molar refractivity (Wildman–Crippen MR) is 60.7 cm³/mol. The molecule has 0 saturated heterocycles.